The molecule has 1 aliphatic rings. The summed E-state index contributed by atoms with van der Waals surface area (Å²) in [6, 6.07) is 19.6. The Balaban J connectivity index is 1.57. The number of fused-ring (bicyclic) bond motifs is 1. The van der Waals surface area contributed by atoms with Gasteiger partial charge >= 0.3 is 5.97 Å². The van der Waals surface area contributed by atoms with Gasteiger partial charge in [-0.25, -0.2) is 13.6 Å². The zero-order chi connectivity index (χ0) is 25.4. The maximum atomic E-state index is 14.6. The Morgan fingerprint density at radius 1 is 1.08 bits per heavy atom. The highest BCUT2D eigenvalue weighted by Gasteiger charge is 2.31. The number of aromatic carboxylic acids is 1. The summed E-state index contributed by atoms with van der Waals surface area (Å²) in [7, 11) is 0. The molecule has 1 N–H and O–H groups in total. The molecule has 5 rings (SSSR count). The second-order valence-corrected chi connectivity index (χ2v) is 8.96. The number of carbonyl (C=O) groups is 1. The molecule has 0 aliphatic carbocycles. The zero-order valence-electron chi connectivity index (χ0n) is 18.8. The molecule has 4 aromatic rings. The summed E-state index contributed by atoms with van der Waals surface area (Å²) in [4.78, 5) is 16.1. The van der Waals surface area contributed by atoms with Gasteiger partial charge in [0.25, 0.3) is 0 Å². The molecule has 0 saturated heterocycles. The van der Waals surface area contributed by atoms with Gasteiger partial charge in [-0.15, -0.1) is 0 Å². The minimum Gasteiger partial charge on any atom is -0.618 e. The Morgan fingerprint density at radius 2 is 1.86 bits per heavy atom. The normalized spacial score (nSPS) is 13.2. The van der Waals surface area contributed by atoms with Crippen molar-refractivity contribution in [3.05, 3.63) is 123 Å². The van der Waals surface area contributed by atoms with E-state index in [1.54, 1.807) is 12.1 Å². The second-order valence-electron chi connectivity index (χ2n) is 8.56. The first-order chi connectivity index (χ1) is 17.3. The van der Waals surface area contributed by atoms with Gasteiger partial charge in [0.15, 0.2) is 12.0 Å². The molecule has 2 heterocycles. The average molecular weight is 505 g/mol. The van der Waals surface area contributed by atoms with Crippen LogP contribution >= 0.6 is 11.6 Å². The second kappa shape index (κ2) is 9.51. The maximum Gasteiger partial charge on any atom is 0.335 e. The highest BCUT2D eigenvalue weighted by Crippen LogP contribution is 2.35. The third-order valence-electron chi connectivity index (χ3n) is 6.29. The fourth-order valence-electron chi connectivity index (χ4n) is 4.49. The van der Waals surface area contributed by atoms with E-state index in [2.05, 4.69) is 0 Å². The van der Waals surface area contributed by atoms with Gasteiger partial charge in [0.2, 0.25) is 5.69 Å². The van der Waals surface area contributed by atoms with Crippen molar-refractivity contribution in [2.45, 2.75) is 18.8 Å². The lowest BCUT2D eigenvalue weighted by molar-refractivity contribution is -0.614. The van der Waals surface area contributed by atoms with Crippen molar-refractivity contribution in [2.75, 3.05) is 0 Å². The largest absolute Gasteiger partial charge is 0.618 e. The summed E-state index contributed by atoms with van der Waals surface area (Å²) in [6.45, 7) is 0. The molecule has 8 heteroatoms. The van der Waals surface area contributed by atoms with Crippen LogP contribution in [0, 0.1) is 16.8 Å². The van der Waals surface area contributed by atoms with E-state index in [4.69, 9.17) is 16.6 Å². The number of hydrogen-bond acceptors (Lipinski definition) is 3. The monoisotopic (exact) mass is 504 g/mol. The first-order valence-electron chi connectivity index (χ1n) is 11.2. The highest BCUT2D eigenvalue weighted by atomic mass is 35.5. The van der Waals surface area contributed by atoms with Crippen molar-refractivity contribution in [1.82, 2.24) is 0 Å². The van der Waals surface area contributed by atoms with Crippen molar-refractivity contribution in [1.29, 1.82) is 0 Å². The van der Waals surface area contributed by atoms with E-state index in [-0.39, 0.29) is 21.7 Å². The number of rotatable bonds is 6. The molecule has 0 amide bonds. The molecule has 0 saturated carbocycles. The molecule has 1 aromatic heterocycles. The first kappa shape index (κ1) is 23.6. The van der Waals surface area contributed by atoms with Crippen LogP contribution in [-0.4, -0.2) is 16.8 Å². The number of aliphatic imine (C=N–C) groups is 1. The van der Waals surface area contributed by atoms with Crippen LogP contribution in [0.4, 0.5) is 14.5 Å². The zero-order valence-corrected chi connectivity index (χ0v) is 19.5. The van der Waals surface area contributed by atoms with E-state index >= 15 is 0 Å². The van der Waals surface area contributed by atoms with Gasteiger partial charge in [0.1, 0.15) is 5.82 Å². The van der Waals surface area contributed by atoms with Crippen LogP contribution in [0.2, 0.25) is 5.02 Å². The van der Waals surface area contributed by atoms with Gasteiger partial charge < -0.3 is 10.3 Å². The molecule has 1 atom stereocenters. The van der Waals surface area contributed by atoms with Gasteiger partial charge in [-0.05, 0) is 47.9 Å². The summed E-state index contributed by atoms with van der Waals surface area (Å²) in [5, 5.41) is 22.3. The van der Waals surface area contributed by atoms with E-state index in [0.717, 1.165) is 29.5 Å². The molecule has 3 aromatic carbocycles. The molecule has 1 aliphatic heterocycles. The maximum absolute atomic E-state index is 14.6. The van der Waals surface area contributed by atoms with Crippen LogP contribution in [0.1, 0.15) is 33.1 Å². The van der Waals surface area contributed by atoms with Crippen LogP contribution in [-0.2, 0) is 12.8 Å². The highest BCUT2D eigenvalue weighted by molar-refractivity contribution is 6.31. The molecule has 0 bridgehead atoms. The number of carboxylic acids is 1. The van der Waals surface area contributed by atoms with Crippen LogP contribution in [0.5, 0.6) is 0 Å². The number of hydrogen-bond donors (Lipinski definition) is 1. The Hall–Kier alpha value is -4.10. The number of benzene rings is 3. The molecule has 0 radical (unpaired) electrons. The fraction of sp³-hybridized carbons (Fsp3) is 0.107. The molecule has 0 spiro atoms. The number of pyridine rings is 1. The van der Waals surface area contributed by atoms with E-state index < -0.39 is 23.5 Å². The number of halogens is 3. The van der Waals surface area contributed by atoms with Crippen molar-refractivity contribution in [3.63, 3.8) is 0 Å². The summed E-state index contributed by atoms with van der Waals surface area (Å²) in [5.41, 5.74) is 3.28. The topological polar surface area (TPSA) is 76.6 Å². The number of aromatic nitrogens is 1. The Labute approximate surface area is 210 Å². The van der Waals surface area contributed by atoms with E-state index in [9.17, 15) is 23.9 Å². The van der Waals surface area contributed by atoms with Gasteiger partial charge in [-0.1, -0.05) is 48.0 Å². The molecule has 36 heavy (non-hydrogen) atoms. The lowest BCUT2D eigenvalue weighted by Gasteiger charge is -2.18. The molecule has 5 nitrogen and oxygen atoms in total. The van der Waals surface area contributed by atoms with E-state index in [0.29, 0.717) is 34.7 Å². The quantitative estimate of drug-likeness (QED) is 0.191. The minimum atomic E-state index is -1.05. The lowest BCUT2D eigenvalue weighted by Crippen LogP contribution is -2.36. The summed E-state index contributed by atoms with van der Waals surface area (Å²) in [6.07, 6.45) is 2.04. The van der Waals surface area contributed by atoms with Crippen molar-refractivity contribution >= 4 is 29.0 Å². The standard InChI is InChI=1S/C28H19ClF2N2O3/c29-21-9-10-22(30)26(27(21)31)19-8-11-25(33(36)15-19)20(12-16-4-2-1-3-5-16)24-13-17-6-7-18(28(34)35)14-23(17)32-24/h1-11,14-15,20H,12-13H2,(H,34,35)/t20-/m1/s1. The van der Waals surface area contributed by atoms with Crippen LogP contribution in [0.25, 0.3) is 11.1 Å². The molecular formula is C28H19ClF2N2O3. The summed E-state index contributed by atoms with van der Waals surface area (Å²) < 4.78 is 29.6. The van der Waals surface area contributed by atoms with Crippen molar-refractivity contribution in [2.24, 2.45) is 4.99 Å². The van der Waals surface area contributed by atoms with Gasteiger partial charge in [0, 0.05) is 18.2 Å². The van der Waals surface area contributed by atoms with Crippen molar-refractivity contribution in [3.8, 4) is 11.1 Å². The summed E-state index contributed by atoms with van der Waals surface area (Å²) >= 11 is 5.83. The Morgan fingerprint density at radius 3 is 2.58 bits per heavy atom. The smallest absolute Gasteiger partial charge is 0.335 e. The fourth-order valence-corrected chi connectivity index (χ4v) is 4.64. The van der Waals surface area contributed by atoms with Gasteiger partial charge in [-0.3, -0.25) is 4.99 Å². The Kier molecular flexibility index (Phi) is 6.24. The predicted molar refractivity (Wildman–Crippen MR) is 133 cm³/mol. The van der Waals surface area contributed by atoms with Crippen LogP contribution in [0.3, 0.4) is 0 Å². The predicted octanol–water partition coefficient (Wildman–Crippen LogP) is 6.27. The molecule has 180 valence electrons. The van der Waals surface area contributed by atoms with E-state index in [1.807, 2.05) is 30.3 Å². The third kappa shape index (κ3) is 4.45. The number of carboxylic acid groups (broad SMARTS) is 1. The van der Waals surface area contributed by atoms with Gasteiger partial charge in [-0.2, -0.15) is 4.73 Å². The number of nitrogens with zero attached hydrogens (tertiary/aromatic N) is 2. The van der Waals surface area contributed by atoms with E-state index in [1.165, 1.54) is 18.2 Å². The van der Waals surface area contributed by atoms with Crippen molar-refractivity contribution < 1.29 is 23.4 Å². The molecule has 0 fully saturated rings. The SMILES string of the molecule is O=C(O)c1ccc2c(c1)N=C([C@@H](Cc1ccccc1)c1ccc(-c3c(F)ccc(Cl)c3F)c[n+]1[O-])C2. The average Bonchev–Trinajstić information content (AvgIpc) is 3.29. The first-order valence-corrected chi connectivity index (χ1v) is 11.5. The minimum absolute atomic E-state index is 0.0625. The Bertz CT molecular complexity index is 1520. The molecular weight excluding hydrogens is 486 g/mol. The molecule has 0 unspecified atom stereocenters. The summed E-state index contributed by atoms with van der Waals surface area (Å²) in [5.74, 6) is -3.25. The lowest BCUT2D eigenvalue weighted by atomic mass is 9.88. The van der Waals surface area contributed by atoms with Gasteiger partial charge in [0.05, 0.1) is 33.3 Å². The van der Waals surface area contributed by atoms with Crippen LogP contribution < -0.4 is 4.73 Å². The van der Waals surface area contributed by atoms with Crippen LogP contribution in [0.15, 0.2) is 84.0 Å². The third-order valence-corrected chi connectivity index (χ3v) is 6.58.